The highest BCUT2D eigenvalue weighted by atomic mass is 16.5. The van der Waals surface area contributed by atoms with E-state index in [1.54, 1.807) is 13.2 Å². The fourth-order valence-electron chi connectivity index (χ4n) is 2.65. The van der Waals surface area contributed by atoms with Crippen molar-refractivity contribution in [1.29, 1.82) is 0 Å². The second-order valence-electron chi connectivity index (χ2n) is 5.50. The molecular weight excluding hydrogens is 280 g/mol. The molecular formula is C16H22N4O2. The van der Waals surface area contributed by atoms with Crippen molar-refractivity contribution in [2.45, 2.75) is 40.0 Å². The molecule has 6 heteroatoms. The third-order valence-corrected chi connectivity index (χ3v) is 3.64. The van der Waals surface area contributed by atoms with E-state index in [9.17, 15) is 4.79 Å². The number of hydrogen-bond donors (Lipinski definition) is 2. The van der Waals surface area contributed by atoms with E-state index in [-0.39, 0.29) is 11.8 Å². The van der Waals surface area contributed by atoms with Crippen molar-refractivity contribution in [3.05, 3.63) is 34.8 Å². The summed E-state index contributed by atoms with van der Waals surface area (Å²) < 4.78 is 5.22. The maximum absolute atomic E-state index is 12.3. The van der Waals surface area contributed by atoms with Crippen molar-refractivity contribution >= 4 is 11.7 Å². The Morgan fingerprint density at radius 2 is 2.09 bits per heavy atom. The lowest BCUT2D eigenvalue weighted by Gasteiger charge is -2.13. The number of nitrogens with zero attached hydrogens (tertiary/aromatic N) is 2. The summed E-state index contributed by atoms with van der Waals surface area (Å²) in [6, 6.07) is 3.64. The molecule has 0 bridgehead atoms. The Balaban J connectivity index is 2.09. The number of carbonyl (C=O) groups is 1. The van der Waals surface area contributed by atoms with E-state index in [0.29, 0.717) is 18.0 Å². The van der Waals surface area contributed by atoms with Crippen molar-refractivity contribution in [3.63, 3.8) is 0 Å². The van der Waals surface area contributed by atoms with Crippen LogP contribution < -0.4 is 10.1 Å². The first-order chi connectivity index (χ1) is 10.4. The zero-order chi connectivity index (χ0) is 16.3. The monoisotopic (exact) mass is 302 g/mol. The van der Waals surface area contributed by atoms with E-state index in [2.05, 4.69) is 20.5 Å². The molecule has 0 saturated heterocycles. The van der Waals surface area contributed by atoms with Crippen LogP contribution in [0.3, 0.4) is 0 Å². The normalized spacial score (nSPS) is 12.0. The van der Waals surface area contributed by atoms with Crippen LogP contribution in [0.15, 0.2) is 12.1 Å². The van der Waals surface area contributed by atoms with Crippen LogP contribution in [0.25, 0.3) is 0 Å². The lowest BCUT2D eigenvalue weighted by Crippen LogP contribution is -2.16. The van der Waals surface area contributed by atoms with Gasteiger partial charge in [-0.3, -0.25) is 9.89 Å². The number of ether oxygens (including phenoxy) is 1. The summed E-state index contributed by atoms with van der Waals surface area (Å²) in [6.07, 6.45) is 0.361. The van der Waals surface area contributed by atoms with Gasteiger partial charge in [-0.15, -0.1) is 0 Å². The van der Waals surface area contributed by atoms with Gasteiger partial charge in [-0.25, -0.2) is 4.98 Å². The zero-order valence-electron chi connectivity index (χ0n) is 13.7. The van der Waals surface area contributed by atoms with Gasteiger partial charge >= 0.3 is 0 Å². The second kappa shape index (κ2) is 6.60. The van der Waals surface area contributed by atoms with E-state index in [1.165, 1.54) is 0 Å². The van der Waals surface area contributed by atoms with Gasteiger partial charge in [0.05, 0.1) is 12.8 Å². The zero-order valence-corrected chi connectivity index (χ0v) is 13.7. The number of nitrogens with one attached hydrogen (secondary N) is 2. The minimum atomic E-state index is -0.0936. The van der Waals surface area contributed by atoms with Crippen LogP contribution in [0.2, 0.25) is 0 Å². The van der Waals surface area contributed by atoms with Crippen molar-refractivity contribution in [2.24, 2.45) is 0 Å². The number of H-pyrrole nitrogens is 1. The molecule has 0 aliphatic rings. The quantitative estimate of drug-likeness (QED) is 0.890. The number of aromatic amines is 1. The fraction of sp³-hybridized carbons (Fsp3) is 0.438. The van der Waals surface area contributed by atoms with Crippen molar-refractivity contribution in [2.75, 3.05) is 12.4 Å². The molecule has 0 aromatic carbocycles. The Morgan fingerprint density at radius 3 is 2.68 bits per heavy atom. The number of anilines is 1. The van der Waals surface area contributed by atoms with Crippen LogP contribution in [0, 0.1) is 20.8 Å². The molecule has 2 N–H and O–H groups in total. The number of aromatic nitrogens is 3. The number of rotatable bonds is 5. The molecule has 2 heterocycles. The summed E-state index contributed by atoms with van der Waals surface area (Å²) in [5, 5.41) is 9.96. The highest BCUT2D eigenvalue weighted by Crippen LogP contribution is 2.26. The summed E-state index contributed by atoms with van der Waals surface area (Å²) >= 11 is 0. The molecule has 1 amide bonds. The number of aryl methyl sites for hydroxylation is 3. The van der Waals surface area contributed by atoms with E-state index < -0.39 is 0 Å². The van der Waals surface area contributed by atoms with Gasteiger partial charge in [0.2, 0.25) is 5.91 Å². The fourth-order valence-corrected chi connectivity index (χ4v) is 2.65. The molecule has 118 valence electrons. The van der Waals surface area contributed by atoms with Gasteiger partial charge in [0.15, 0.2) is 11.6 Å². The first kappa shape index (κ1) is 16.0. The van der Waals surface area contributed by atoms with Crippen LogP contribution in [0.1, 0.15) is 41.9 Å². The Morgan fingerprint density at radius 1 is 1.36 bits per heavy atom. The van der Waals surface area contributed by atoms with Crippen molar-refractivity contribution in [3.8, 4) is 5.75 Å². The topological polar surface area (TPSA) is 79.9 Å². The summed E-state index contributed by atoms with van der Waals surface area (Å²) in [7, 11) is 1.56. The minimum Gasteiger partial charge on any atom is -0.493 e. The van der Waals surface area contributed by atoms with Crippen LogP contribution >= 0.6 is 0 Å². The molecule has 1 atom stereocenters. The average Bonchev–Trinajstić information content (AvgIpc) is 2.78. The third-order valence-electron chi connectivity index (χ3n) is 3.64. The number of pyridine rings is 1. The highest BCUT2D eigenvalue weighted by molar-refractivity contribution is 5.91. The van der Waals surface area contributed by atoms with Gasteiger partial charge in [-0.2, -0.15) is 5.10 Å². The predicted octanol–water partition coefficient (Wildman–Crippen LogP) is 2.87. The van der Waals surface area contributed by atoms with Gasteiger partial charge in [-0.05, 0) is 44.4 Å². The van der Waals surface area contributed by atoms with Crippen LogP contribution in [-0.2, 0) is 4.79 Å². The van der Waals surface area contributed by atoms with E-state index in [1.807, 2.05) is 33.8 Å². The molecule has 2 aromatic heterocycles. The molecule has 22 heavy (non-hydrogen) atoms. The summed E-state index contributed by atoms with van der Waals surface area (Å²) in [5.41, 5.74) is 3.86. The average molecular weight is 302 g/mol. The van der Waals surface area contributed by atoms with Crippen molar-refractivity contribution in [1.82, 2.24) is 15.2 Å². The number of hydrogen-bond acceptors (Lipinski definition) is 4. The van der Waals surface area contributed by atoms with Gasteiger partial charge in [0.1, 0.15) is 0 Å². The molecule has 0 aliphatic carbocycles. The lowest BCUT2D eigenvalue weighted by molar-refractivity contribution is -0.116. The molecule has 2 rings (SSSR count). The van der Waals surface area contributed by atoms with Gasteiger partial charge in [0, 0.05) is 17.8 Å². The number of amides is 1. The first-order valence-corrected chi connectivity index (χ1v) is 7.25. The van der Waals surface area contributed by atoms with Crippen LogP contribution in [0.5, 0.6) is 5.75 Å². The van der Waals surface area contributed by atoms with E-state index in [4.69, 9.17) is 4.74 Å². The molecule has 1 unspecified atom stereocenters. The minimum absolute atomic E-state index is 0.0783. The van der Waals surface area contributed by atoms with Gasteiger partial charge in [0.25, 0.3) is 0 Å². The smallest absolute Gasteiger partial charge is 0.226 e. The molecule has 0 saturated carbocycles. The lowest BCUT2D eigenvalue weighted by atomic mass is 9.95. The highest BCUT2D eigenvalue weighted by Gasteiger charge is 2.18. The molecule has 2 aromatic rings. The van der Waals surface area contributed by atoms with Crippen molar-refractivity contribution < 1.29 is 9.53 Å². The maximum Gasteiger partial charge on any atom is 0.226 e. The largest absolute Gasteiger partial charge is 0.493 e. The Hall–Kier alpha value is -2.37. The van der Waals surface area contributed by atoms with E-state index >= 15 is 0 Å². The standard InChI is InChI=1S/C16H22N4O2/c1-9(15-11(3)19-20-12(15)4)8-14(21)18-16-13(22-5)7-6-10(2)17-16/h6-7,9H,8H2,1-5H3,(H,19,20)(H,17,18,21). The van der Waals surface area contributed by atoms with Crippen LogP contribution in [-0.4, -0.2) is 28.2 Å². The van der Waals surface area contributed by atoms with Gasteiger partial charge < -0.3 is 10.1 Å². The van der Waals surface area contributed by atoms with Crippen LogP contribution in [0.4, 0.5) is 5.82 Å². The SMILES string of the molecule is COc1ccc(C)nc1NC(=O)CC(C)c1c(C)n[nH]c1C. The first-order valence-electron chi connectivity index (χ1n) is 7.25. The predicted molar refractivity (Wildman–Crippen MR) is 85.2 cm³/mol. The Labute approximate surface area is 130 Å². The summed E-state index contributed by atoms with van der Waals surface area (Å²) in [6.45, 7) is 7.80. The number of methoxy groups -OCH3 is 1. The molecule has 6 nitrogen and oxygen atoms in total. The summed E-state index contributed by atoms with van der Waals surface area (Å²) in [4.78, 5) is 16.6. The summed E-state index contributed by atoms with van der Waals surface area (Å²) in [5.74, 6) is 1.00. The molecule has 0 radical (unpaired) electrons. The molecule has 0 spiro atoms. The molecule has 0 aliphatic heterocycles. The van der Waals surface area contributed by atoms with Gasteiger partial charge in [-0.1, -0.05) is 6.92 Å². The molecule has 0 fully saturated rings. The number of carbonyl (C=O) groups excluding carboxylic acids is 1. The Kier molecular flexibility index (Phi) is 4.80. The maximum atomic E-state index is 12.3. The van der Waals surface area contributed by atoms with E-state index in [0.717, 1.165) is 22.6 Å². The second-order valence-corrected chi connectivity index (χ2v) is 5.50. The third kappa shape index (κ3) is 3.44. The Bertz CT molecular complexity index is 659.